The van der Waals surface area contributed by atoms with Crippen molar-refractivity contribution < 1.29 is 9.53 Å². The first-order chi connectivity index (χ1) is 10.2. The molecule has 1 aliphatic rings. The van der Waals surface area contributed by atoms with E-state index in [4.69, 9.17) is 4.74 Å². The van der Waals surface area contributed by atoms with Gasteiger partial charge in [-0.3, -0.25) is 4.79 Å². The van der Waals surface area contributed by atoms with Crippen molar-refractivity contribution in [3.63, 3.8) is 0 Å². The van der Waals surface area contributed by atoms with Gasteiger partial charge < -0.3 is 4.74 Å². The first-order valence-corrected chi connectivity index (χ1v) is 10.0. The molecule has 0 amide bonds. The Bertz CT molecular complexity index is 274. The zero-order valence-electron chi connectivity index (χ0n) is 14.1. The lowest BCUT2D eigenvalue weighted by molar-refractivity contribution is -0.115. The van der Waals surface area contributed by atoms with Gasteiger partial charge in [0.2, 0.25) is 5.12 Å². The van der Waals surface area contributed by atoms with Crippen LogP contribution in [0.15, 0.2) is 0 Å². The van der Waals surface area contributed by atoms with Crippen LogP contribution in [0, 0.1) is 0 Å². The number of epoxide rings is 1. The second-order valence-electron chi connectivity index (χ2n) is 6.35. The lowest BCUT2D eigenvalue weighted by Gasteiger charge is -2.10. The average Bonchev–Trinajstić information content (AvgIpc) is 3.27. The van der Waals surface area contributed by atoms with Crippen LogP contribution in [0.2, 0.25) is 0 Å². The van der Waals surface area contributed by atoms with Crippen molar-refractivity contribution in [1.82, 2.24) is 0 Å². The van der Waals surface area contributed by atoms with Gasteiger partial charge in [-0.25, -0.2) is 0 Å². The molecule has 1 fully saturated rings. The highest BCUT2D eigenvalue weighted by Gasteiger charge is 2.51. The number of ether oxygens (including phenoxy) is 1. The van der Waals surface area contributed by atoms with Gasteiger partial charge in [-0.05, 0) is 19.3 Å². The number of carbonyl (C=O) groups excluding carboxylic acids is 1. The summed E-state index contributed by atoms with van der Waals surface area (Å²) >= 11 is 1.49. The van der Waals surface area contributed by atoms with Crippen LogP contribution in [-0.4, -0.2) is 23.1 Å². The smallest absolute Gasteiger partial charge is 0.223 e. The zero-order valence-corrected chi connectivity index (χ0v) is 14.9. The molecule has 3 heteroatoms. The van der Waals surface area contributed by atoms with Gasteiger partial charge in [0.15, 0.2) is 5.60 Å². The third-order valence-electron chi connectivity index (χ3n) is 4.28. The topological polar surface area (TPSA) is 29.6 Å². The predicted molar refractivity (Wildman–Crippen MR) is 92.9 cm³/mol. The van der Waals surface area contributed by atoms with Gasteiger partial charge in [0.05, 0.1) is 6.61 Å². The average molecular weight is 315 g/mol. The van der Waals surface area contributed by atoms with Crippen LogP contribution in [0.25, 0.3) is 0 Å². The molecule has 1 unspecified atom stereocenters. The summed E-state index contributed by atoms with van der Waals surface area (Å²) in [4.78, 5) is 12.1. The molecule has 0 aromatic heterocycles. The molecule has 1 atom stereocenters. The molecule has 2 nitrogen and oxygen atoms in total. The Morgan fingerprint density at radius 3 is 1.95 bits per heavy atom. The van der Waals surface area contributed by atoms with E-state index in [0.29, 0.717) is 6.61 Å². The van der Waals surface area contributed by atoms with E-state index >= 15 is 0 Å². The third-order valence-corrected chi connectivity index (χ3v) is 5.41. The SMILES string of the molecule is CCCCCCCCCCCC1(C(=O)SCCCC)CO1. The van der Waals surface area contributed by atoms with E-state index in [0.717, 1.165) is 31.4 Å². The number of hydrogen-bond donors (Lipinski definition) is 0. The zero-order chi connectivity index (χ0) is 15.4. The van der Waals surface area contributed by atoms with E-state index in [1.807, 2.05) is 0 Å². The van der Waals surface area contributed by atoms with Gasteiger partial charge in [-0.15, -0.1) is 0 Å². The molecule has 0 saturated carbocycles. The third kappa shape index (κ3) is 8.25. The van der Waals surface area contributed by atoms with Crippen LogP contribution in [0.5, 0.6) is 0 Å². The molecule has 21 heavy (non-hydrogen) atoms. The molecule has 0 spiro atoms. The number of hydrogen-bond acceptors (Lipinski definition) is 3. The summed E-state index contributed by atoms with van der Waals surface area (Å²) in [6, 6.07) is 0. The van der Waals surface area contributed by atoms with Crippen molar-refractivity contribution in [2.45, 2.75) is 96.5 Å². The number of carbonyl (C=O) groups is 1. The quantitative estimate of drug-likeness (QED) is 0.302. The van der Waals surface area contributed by atoms with Crippen LogP contribution in [-0.2, 0) is 9.53 Å². The standard InChI is InChI=1S/C18H34O2S/c1-3-5-7-8-9-10-11-12-13-14-18(16-20-18)17(19)21-15-6-4-2/h3-16H2,1-2H3. The molecule has 1 heterocycles. The molecule has 0 aromatic carbocycles. The van der Waals surface area contributed by atoms with Crippen molar-refractivity contribution in [2.24, 2.45) is 0 Å². The molecule has 0 aromatic rings. The van der Waals surface area contributed by atoms with Crippen LogP contribution < -0.4 is 0 Å². The summed E-state index contributed by atoms with van der Waals surface area (Å²) in [7, 11) is 0. The Kier molecular flexibility index (Phi) is 10.5. The first kappa shape index (κ1) is 19.0. The maximum absolute atomic E-state index is 12.1. The highest BCUT2D eigenvalue weighted by atomic mass is 32.2. The Balaban J connectivity index is 1.95. The molecule has 0 bridgehead atoms. The van der Waals surface area contributed by atoms with E-state index in [1.54, 1.807) is 0 Å². The number of unbranched alkanes of at least 4 members (excludes halogenated alkanes) is 9. The van der Waals surface area contributed by atoms with Gasteiger partial charge in [0.25, 0.3) is 0 Å². The van der Waals surface area contributed by atoms with Crippen molar-refractivity contribution >= 4 is 16.9 Å². The maximum atomic E-state index is 12.1. The van der Waals surface area contributed by atoms with Crippen molar-refractivity contribution in [2.75, 3.05) is 12.4 Å². The number of thioether (sulfide) groups is 1. The summed E-state index contributed by atoms with van der Waals surface area (Å²) in [6.07, 6.45) is 15.2. The summed E-state index contributed by atoms with van der Waals surface area (Å²) in [5.41, 5.74) is -0.375. The molecule has 1 saturated heterocycles. The van der Waals surface area contributed by atoms with Gasteiger partial charge in [-0.2, -0.15) is 0 Å². The summed E-state index contributed by atoms with van der Waals surface area (Å²) in [5.74, 6) is 0.957. The van der Waals surface area contributed by atoms with E-state index in [9.17, 15) is 4.79 Å². The first-order valence-electron chi connectivity index (χ1n) is 9.06. The van der Waals surface area contributed by atoms with E-state index < -0.39 is 0 Å². The van der Waals surface area contributed by atoms with Gasteiger partial charge in [0, 0.05) is 5.75 Å². The molecule has 0 N–H and O–H groups in total. The Morgan fingerprint density at radius 2 is 1.43 bits per heavy atom. The minimum atomic E-state index is -0.375. The fourth-order valence-corrected chi connectivity index (χ4v) is 3.71. The molecular formula is C18H34O2S. The van der Waals surface area contributed by atoms with Gasteiger partial charge >= 0.3 is 0 Å². The van der Waals surface area contributed by atoms with Crippen molar-refractivity contribution in [3.8, 4) is 0 Å². The van der Waals surface area contributed by atoms with Gasteiger partial charge in [-0.1, -0.05) is 83.4 Å². The van der Waals surface area contributed by atoms with Crippen molar-refractivity contribution in [3.05, 3.63) is 0 Å². The normalized spacial score (nSPS) is 20.7. The van der Waals surface area contributed by atoms with Crippen LogP contribution in [0.4, 0.5) is 0 Å². The second kappa shape index (κ2) is 11.5. The largest absolute Gasteiger partial charge is 0.360 e. The fourth-order valence-electron chi connectivity index (χ4n) is 2.61. The monoisotopic (exact) mass is 314 g/mol. The fraction of sp³-hybridized carbons (Fsp3) is 0.944. The molecular weight excluding hydrogens is 280 g/mol. The van der Waals surface area contributed by atoms with E-state index in [-0.39, 0.29) is 10.7 Å². The van der Waals surface area contributed by atoms with E-state index in [1.165, 1.54) is 63.1 Å². The lowest BCUT2D eigenvalue weighted by atomic mass is 10.0. The van der Waals surface area contributed by atoms with Crippen molar-refractivity contribution in [1.29, 1.82) is 0 Å². The number of rotatable bonds is 14. The lowest BCUT2D eigenvalue weighted by Crippen LogP contribution is -2.22. The predicted octanol–water partition coefficient (Wildman–Crippen LogP) is 5.74. The summed E-state index contributed by atoms with van der Waals surface area (Å²) < 4.78 is 5.49. The minimum Gasteiger partial charge on any atom is -0.360 e. The Morgan fingerprint density at radius 1 is 0.905 bits per heavy atom. The Hall–Kier alpha value is -0.0200. The maximum Gasteiger partial charge on any atom is 0.223 e. The highest BCUT2D eigenvalue weighted by Crippen LogP contribution is 2.38. The minimum absolute atomic E-state index is 0.288. The molecule has 0 aliphatic carbocycles. The van der Waals surface area contributed by atoms with Crippen LogP contribution in [0.1, 0.15) is 90.9 Å². The molecule has 124 valence electrons. The van der Waals surface area contributed by atoms with Crippen LogP contribution >= 0.6 is 11.8 Å². The molecule has 0 radical (unpaired) electrons. The molecule has 1 aliphatic heterocycles. The Labute approximate surface area is 135 Å². The molecule has 1 rings (SSSR count). The van der Waals surface area contributed by atoms with Gasteiger partial charge in [0.1, 0.15) is 0 Å². The second-order valence-corrected chi connectivity index (χ2v) is 7.42. The summed E-state index contributed by atoms with van der Waals surface area (Å²) in [5, 5.41) is 0.288. The van der Waals surface area contributed by atoms with Crippen LogP contribution in [0.3, 0.4) is 0 Å². The van der Waals surface area contributed by atoms with E-state index in [2.05, 4.69) is 13.8 Å². The summed E-state index contributed by atoms with van der Waals surface area (Å²) in [6.45, 7) is 5.09. The highest BCUT2D eigenvalue weighted by molar-refractivity contribution is 8.13.